The van der Waals surface area contributed by atoms with Crippen LogP contribution in [0, 0.1) is 0 Å². The minimum atomic E-state index is -1.72. The van der Waals surface area contributed by atoms with Crippen LogP contribution >= 0.6 is 0 Å². The molecule has 1 rings (SSSR count). The Labute approximate surface area is 197 Å². The van der Waals surface area contributed by atoms with Crippen LogP contribution in [0.3, 0.4) is 0 Å². The number of hydrogen-bond acceptors (Lipinski definition) is 9. The van der Waals surface area contributed by atoms with Crippen molar-refractivity contribution in [3.63, 3.8) is 0 Å². The SMILES string of the molecule is CCCCCCCNC(=O)O[C@@H]([C@@H]1OC(OC(=O)O)=C[C@H](N=C(N)N)[C@H]1NC(C)=O)[C@H](O)CO. The Balaban J connectivity index is 3.13. The van der Waals surface area contributed by atoms with Gasteiger partial charge in [-0.1, -0.05) is 32.6 Å². The van der Waals surface area contributed by atoms with E-state index in [-0.39, 0.29) is 0 Å². The lowest BCUT2D eigenvalue weighted by Crippen LogP contribution is -2.61. The van der Waals surface area contributed by atoms with Gasteiger partial charge in [0.25, 0.3) is 5.95 Å². The van der Waals surface area contributed by atoms with E-state index in [9.17, 15) is 24.6 Å². The van der Waals surface area contributed by atoms with Crippen molar-refractivity contribution in [2.45, 2.75) is 76.3 Å². The normalized spacial score (nSPS) is 21.2. The second-order valence-electron chi connectivity index (χ2n) is 7.67. The van der Waals surface area contributed by atoms with Crippen molar-refractivity contribution >= 4 is 24.1 Å². The first kappa shape index (κ1) is 28.8. The molecule has 194 valence electrons. The number of aliphatic imine (C=N–C) groups is 1. The Morgan fingerprint density at radius 1 is 1.24 bits per heavy atom. The molecule has 1 aliphatic rings. The lowest BCUT2D eigenvalue weighted by atomic mass is 9.93. The van der Waals surface area contributed by atoms with E-state index in [0.29, 0.717) is 13.0 Å². The number of hydrogen-bond donors (Lipinski definition) is 7. The van der Waals surface area contributed by atoms with Gasteiger partial charge in [-0.3, -0.25) is 4.79 Å². The third-order valence-corrected chi connectivity index (χ3v) is 4.82. The maximum atomic E-state index is 12.4. The fraction of sp³-hybridized carbons (Fsp3) is 0.700. The van der Waals surface area contributed by atoms with Crippen molar-refractivity contribution in [3.05, 3.63) is 12.0 Å². The average Bonchev–Trinajstić information content (AvgIpc) is 2.74. The first-order chi connectivity index (χ1) is 16.1. The molecule has 0 fully saturated rings. The number of nitrogens with zero attached hydrogens (tertiary/aromatic N) is 1. The summed E-state index contributed by atoms with van der Waals surface area (Å²) in [4.78, 5) is 39.2. The molecule has 5 atom stereocenters. The van der Waals surface area contributed by atoms with Crippen molar-refractivity contribution in [2.24, 2.45) is 16.5 Å². The van der Waals surface area contributed by atoms with Gasteiger partial charge < -0.3 is 51.6 Å². The number of carbonyl (C=O) groups excluding carboxylic acids is 2. The fourth-order valence-corrected chi connectivity index (χ4v) is 3.34. The first-order valence-electron chi connectivity index (χ1n) is 11.0. The highest BCUT2D eigenvalue weighted by Gasteiger charge is 2.46. The molecule has 1 aliphatic heterocycles. The van der Waals surface area contributed by atoms with Gasteiger partial charge >= 0.3 is 12.2 Å². The van der Waals surface area contributed by atoms with E-state index < -0.39 is 67.1 Å². The molecule has 0 saturated heterocycles. The first-order valence-corrected chi connectivity index (χ1v) is 11.0. The summed E-state index contributed by atoms with van der Waals surface area (Å²) < 4.78 is 15.4. The number of nitrogens with two attached hydrogens (primary N) is 2. The van der Waals surface area contributed by atoms with Crippen molar-refractivity contribution in [1.29, 1.82) is 0 Å². The van der Waals surface area contributed by atoms with Gasteiger partial charge in [-0.25, -0.2) is 14.6 Å². The summed E-state index contributed by atoms with van der Waals surface area (Å²) in [6.07, 6.45) is -1.38. The molecule has 0 aromatic rings. The maximum Gasteiger partial charge on any atom is 0.513 e. The molecule has 1 heterocycles. The van der Waals surface area contributed by atoms with E-state index in [1.165, 1.54) is 6.92 Å². The molecule has 0 spiro atoms. The third kappa shape index (κ3) is 10.1. The van der Waals surface area contributed by atoms with Gasteiger partial charge in [0.2, 0.25) is 5.91 Å². The van der Waals surface area contributed by atoms with Gasteiger partial charge in [0.15, 0.2) is 18.2 Å². The predicted molar refractivity (Wildman–Crippen MR) is 119 cm³/mol. The standard InChI is InChI=1S/C20H35N5O9/c1-3-4-5-6-7-8-23-19(29)34-16(13(28)10-26)17-15(24-11(2)27)12(25-18(21)22)9-14(32-17)33-20(30)31/h9,12-13,15-17,26,28H,3-8,10H2,1-2H3,(H,23,29)(H,24,27)(H,30,31)(H4,21,22,25)/t12-,13+,15+,16+,17+/m0/s1. The molecule has 0 unspecified atom stereocenters. The number of alkyl carbamates (subject to hydrolysis) is 1. The molecule has 2 amide bonds. The van der Waals surface area contributed by atoms with E-state index in [4.69, 9.17) is 26.0 Å². The summed E-state index contributed by atoms with van der Waals surface area (Å²) in [5.41, 5.74) is 10.9. The van der Waals surface area contributed by atoms with Crippen LogP contribution in [0.1, 0.15) is 46.0 Å². The van der Waals surface area contributed by atoms with Crippen molar-refractivity contribution in [2.75, 3.05) is 13.2 Å². The topological polar surface area (TPSA) is 228 Å². The van der Waals surface area contributed by atoms with E-state index in [2.05, 4.69) is 27.3 Å². The lowest BCUT2D eigenvalue weighted by molar-refractivity contribution is -0.135. The minimum absolute atomic E-state index is 0.315. The highest BCUT2D eigenvalue weighted by molar-refractivity contribution is 5.77. The number of aliphatic hydroxyl groups is 2. The Bertz CT molecular complexity index is 742. The number of unbranched alkanes of at least 4 members (excludes halogenated alkanes) is 4. The number of rotatable bonds is 13. The zero-order valence-electron chi connectivity index (χ0n) is 19.3. The molecular formula is C20H35N5O9. The monoisotopic (exact) mass is 489 g/mol. The highest BCUT2D eigenvalue weighted by Crippen LogP contribution is 2.27. The molecule has 0 radical (unpaired) electrons. The predicted octanol–water partition coefficient (Wildman–Crippen LogP) is -0.514. The minimum Gasteiger partial charge on any atom is -0.455 e. The average molecular weight is 490 g/mol. The van der Waals surface area contributed by atoms with Gasteiger partial charge in [0.1, 0.15) is 12.1 Å². The van der Waals surface area contributed by atoms with Gasteiger partial charge in [-0.05, 0) is 6.42 Å². The highest BCUT2D eigenvalue weighted by atomic mass is 16.8. The van der Waals surface area contributed by atoms with Crippen LogP contribution in [-0.2, 0) is 19.0 Å². The van der Waals surface area contributed by atoms with Crippen molar-refractivity contribution < 1.29 is 43.9 Å². The second-order valence-corrected chi connectivity index (χ2v) is 7.67. The third-order valence-electron chi connectivity index (χ3n) is 4.82. The summed E-state index contributed by atoms with van der Waals surface area (Å²) in [7, 11) is 0. The van der Waals surface area contributed by atoms with Crippen LogP contribution < -0.4 is 22.1 Å². The molecule has 14 heteroatoms. The summed E-state index contributed by atoms with van der Waals surface area (Å²) in [5, 5.41) is 33.9. The Hall–Kier alpha value is -3.26. The van der Waals surface area contributed by atoms with Crippen LogP contribution in [0.4, 0.5) is 9.59 Å². The number of carbonyl (C=O) groups is 3. The zero-order chi connectivity index (χ0) is 25.7. The summed E-state index contributed by atoms with van der Waals surface area (Å²) in [6, 6.07) is -2.24. The fourth-order valence-electron chi connectivity index (χ4n) is 3.34. The van der Waals surface area contributed by atoms with Gasteiger partial charge in [0, 0.05) is 19.5 Å². The number of ether oxygens (including phenoxy) is 3. The number of nitrogens with one attached hydrogen (secondary N) is 2. The lowest BCUT2D eigenvalue weighted by Gasteiger charge is -2.39. The Kier molecular flexibility index (Phi) is 12.5. The molecule has 0 aliphatic carbocycles. The van der Waals surface area contributed by atoms with E-state index >= 15 is 0 Å². The molecule has 0 saturated carbocycles. The largest absolute Gasteiger partial charge is 0.513 e. The summed E-state index contributed by atoms with van der Waals surface area (Å²) >= 11 is 0. The summed E-state index contributed by atoms with van der Waals surface area (Å²) in [5.74, 6) is -1.50. The van der Waals surface area contributed by atoms with E-state index in [0.717, 1.165) is 31.8 Å². The summed E-state index contributed by atoms with van der Waals surface area (Å²) in [6.45, 7) is 2.76. The van der Waals surface area contributed by atoms with Crippen molar-refractivity contribution in [3.8, 4) is 0 Å². The number of carboxylic acid groups (broad SMARTS) is 1. The van der Waals surface area contributed by atoms with Crippen LogP contribution in [0.25, 0.3) is 0 Å². The van der Waals surface area contributed by atoms with Crippen molar-refractivity contribution in [1.82, 2.24) is 10.6 Å². The molecule has 14 nitrogen and oxygen atoms in total. The smallest absolute Gasteiger partial charge is 0.455 e. The quantitative estimate of drug-likeness (QED) is 0.0753. The van der Waals surface area contributed by atoms with Crippen LogP contribution in [0.5, 0.6) is 0 Å². The van der Waals surface area contributed by atoms with Crippen LogP contribution in [0.15, 0.2) is 17.0 Å². The van der Waals surface area contributed by atoms with Gasteiger partial charge in [0.05, 0.1) is 12.6 Å². The van der Waals surface area contributed by atoms with Gasteiger partial charge in [-0.15, -0.1) is 0 Å². The Morgan fingerprint density at radius 2 is 1.91 bits per heavy atom. The Morgan fingerprint density at radius 3 is 2.47 bits per heavy atom. The zero-order valence-corrected chi connectivity index (χ0v) is 19.3. The number of aliphatic hydroxyl groups excluding tert-OH is 2. The van der Waals surface area contributed by atoms with E-state index in [1.807, 2.05) is 0 Å². The van der Waals surface area contributed by atoms with Crippen LogP contribution in [-0.4, -0.2) is 83.0 Å². The molecule has 9 N–H and O–H groups in total. The number of amides is 2. The number of guanidine groups is 1. The molecule has 0 aromatic carbocycles. The van der Waals surface area contributed by atoms with Gasteiger partial charge in [-0.2, -0.15) is 0 Å². The molecular weight excluding hydrogens is 454 g/mol. The maximum absolute atomic E-state index is 12.4. The van der Waals surface area contributed by atoms with E-state index in [1.54, 1.807) is 0 Å². The molecule has 0 aromatic heterocycles. The molecule has 0 bridgehead atoms. The van der Waals surface area contributed by atoms with Crippen LogP contribution in [0.2, 0.25) is 0 Å². The molecule has 34 heavy (non-hydrogen) atoms. The second kappa shape index (κ2) is 14.8.